The quantitative estimate of drug-likeness (QED) is 0.827. The van der Waals surface area contributed by atoms with Crippen LogP contribution in [-0.4, -0.2) is 5.91 Å². The van der Waals surface area contributed by atoms with Crippen LogP contribution in [0.5, 0.6) is 0 Å². The molecule has 2 heteroatoms. The summed E-state index contributed by atoms with van der Waals surface area (Å²) in [4.78, 5) is 11.9. The zero-order valence-corrected chi connectivity index (χ0v) is 11.3. The van der Waals surface area contributed by atoms with Gasteiger partial charge >= 0.3 is 0 Å². The predicted molar refractivity (Wildman–Crippen MR) is 71.8 cm³/mol. The maximum absolute atomic E-state index is 11.9. The Morgan fingerprint density at radius 1 is 1.18 bits per heavy atom. The lowest BCUT2D eigenvalue weighted by atomic mass is 10.0. The van der Waals surface area contributed by atoms with Gasteiger partial charge in [-0.3, -0.25) is 4.79 Å². The van der Waals surface area contributed by atoms with Crippen molar-refractivity contribution in [1.29, 1.82) is 0 Å². The molecule has 0 aliphatic rings. The number of carbonyl (C=O) groups excluding carboxylic acids is 1. The molecule has 0 aromatic heterocycles. The number of hydrogen-bond donors (Lipinski definition) is 1. The SMILES string of the molecule is CCC(C)C(=O)NC(CC)c1ccc(C)cc1. The highest BCUT2D eigenvalue weighted by Crippen LogP contribution is 2.18. The number of aryl methyl sites for hydroxylation is 1. The van der Waals surface area contributed by atoms with Crippen molar-refractivity contribution in [2.24, 2.45) is 5.92 Å². The van der Waals surface area contributed by atoms with Crippen molar-refractivity contribution in [3.05, 3.63) is 35.4 Å². The Morgan fingerprint density at radius 3 is 2.24 bits per heavy atom. The molecule has 0 aliphatic heterocycles. The average molecular weight is 233 g/mol. The monoisotopic (exact) mass is 233 g/mol. The van der Waals surface area contributed by atoms with Crippen LogP contribution in [0.15, 0.2) is 24.3 Å². The van der Waals surface area contributed by atoms with Crippen molar-refractivity contribution in [2.75, 3.05) is 0 Å². The Hall–Kier alpha value is -1.31. The van der Waals surface area contributed by atoms with Crippen molar-refractivity contribution >= 4 is 5.91 Å². The van der Waals surface area contributed by atoms with Gasteiger partial charge in [0.2, 0.25) is 5.91 Å². The fraction of sp³-hybridized carbons (Fsp3) is 0.533. The van der Waals surface area contributed by atoms with Crippen molar-refractivity contribution in [2.45, 2.75) is 46.6 Å². The Labute approximate surface area is 104 Å². The minimum absolute atomic E-state index is 0.0921. The molecule has 2 unspecified atom stereocenters. The van der Waals surface area contributed by atoms with Crippen LogP contribution in [-0.2, 0) is 4.79 Å². The summed E-state index contributed by atoms with van der Waals surface area (Å²) in [5, 5.41) is 3.11. The lowest BCUT2D eigenvalue weighted by molar-refractivity contribution is -0.125. The van der Waals surface area contributed by atoms with Crippen LogP contribution in [0, 0.1) is 12.8 Å². The van der Waals surface area contributed by atoms with E-state index in [1.165, 1.54) is 11.1 Å². The molecule has 0 bridgehead atoms. The molecule has 0 radical (unpaired) electrons. The van der Waals surface area contributed by atoms with Gasteiger partial charge in [0.05, 0.1) is 6.04 Å². The molecule has 2 atom stereocenters. The Kier molecular flexibility index (Phi) is 5.20. The first kappa shape index (κ1) is 13.8. The number of benzene rings is 1. The van der Waals surface area contributed by atoms with E-state index in [0.29, 0.717) is 0 Å². The second kappa shape index (κ2) is 6.43. The fourth-order valence-corrected chi connectivity index (χ4v) is 1.72. The molecule has 94 valence electrons. The van der Waals surface area contributed by atoms with Crippen molar-refractivity contribution in [3.8, 4) is 0 Å². The zero-order chi connectivity index (χ0) is 12.8. The molecule has 1 aromatic carbocycles. The van der Waals surface area contributed by atoms with E-state index in [1.54, 1.807) is 0 Å². The molecule has 0 saturated heterocycles. The van der Waals surface area contributed by atoms with Gasteiger partial charge in [0.15, 0.2) is 0 Å². The van der Waals surface area contributed by atoms with E-state index in [1.807, 2.05) is 13.8 Å². The molecule has 1 N–H and O–H groups in total. The molecule has 17 heavy (non-hydrogen) atoms. The summed E-state index contributed by atoms with van der Waals surface area (Å²) >= 11 is 0. The predicted octanol–water partition coefficient (Wildman–Crippen LogP) is 3.61. The third-order valence-electron chi connectivity index (χ3n) is 3.26. The molecule has 0 saturated carbocycles. The summed E-state index contributed by atoms with van der Waals surface area (Å²) < 4.78 is 0. The van der Waals surface area contributed by atoms with Crippen molar-refractivity contribution in [1.82, 2.24) is 5.32 Å². The number of amides is 1. The lowest BCUT2D eigenvalue weighted by Gasteiger charge is -2.20. The Bertz CT molecular complexity index is 356. The second-order valence-corrected chi connectivity index (χ2v) is 4.69. The number of rotatable bonds is 5. The summed E-state index contributed by atoms with van der Waals surface area (Å²) in [7, 11) is 0. The van der Waals surface area contributed by atoms with Gasteiger partial charge in [-0.1, -0.05) is 50.6 Å². The molecular formula is C15H23NO. The van der Waals surface area contributed by atoms with Gasteiger partial charge in [0.1, 0.15) is 0 Å². The summed E-state index contributed by atoms with van der Waals surface area (Å²) in [6.07, 6.45) is 1.81. The van der Waals surface area contributed by atoms with Crippen LogP contribution in [0.4, 0.5) is 0 Å². The second-order valence-electron chi connectivity index (χ2n) is 4.69. The van der Waals surface area contributed by atoms with Gasteiger partial charge in [0.25, 0.3) is 0 Å². The van der Waals surface area contributed by atoms with Crippen LogP contribution in [0.25, 0.3) is 0 Å². The van der Waals surface area contributed by atoms with E-state index in [0.717, 1.165) is 12.8 Å². The number of nitrogens with one attached hydrogen (secondary N) is 1. The standard InChI is InChI=1S/C15H23NO/c1-5-12(4)15(17)16-14(6-2)13-9-7-11(3)8-10-13/h7-10,12,14H,5-6H2,1-4H3,(H,16,17). The zero-order valence-electron chi connectivity index (χ0n) is 11.3. The fourth-order valence-electron chi connectivity index (χ4n) is 1.72. The van der Waals surface area contributed by atoms with Crippen molar-refractivity contribution in [3.63, 3.8) is 0 Å². The van der Waals surface area contributed by atoms with Crippen LogP contribution < -0.4 is 5.32 Å². The first-order chi connectivity index (χ1) is 8.08. The van der Waals surface area contributed by atoms with E-state index in [4.69, 9.17) is 0 Å². The van der Waals surface area contributed by atoms with Gasteiger partial charge in [0, 0.05) is 5.92 Å². The first-order valence-corrected chi connectivity index (χ1v) is 6.45. The lowest BCUT2D eigenvalue weighted by Crippen LogP contribution is -2.32. The number of carbonyl (C=O) groups is 1. The van der Waals surface area contributed by atoms with Crippen LogP contribution in [0.3, 0.4) is 0 Å². The maximum atomic E-state index is 11.9. The Balaban J connectivity index is 2.72. The van der Waals surface area contributed by atoms with E-state index in [-0.39, 0.29) is 17.9 Å². The summed E-state index contributed by atoms with van der Waals surface area (Å²) in [5.41, 5.74) is 2.44. The third kappa shape index (κ3) is 3.88. The maximum Gasteiger partial charge on any atom is 0.223 e. The molecule has 0 heterocycles. The van der Waals surface area contributed by atoms with Crippen LogP contribution in [0.2, 0.25) is 0 Å². The molecule has 0 aliphatic carbocycles. The van der Waals surface area contributed by atoms with E-state index < -0.39 is 0 Å². The number of hydrogen-bond acceptors (Lipinski definition) is 1. The molecule has 1 aromatic rings. The minimum Gasteiger partial charge on any atom is -0.349 e. The third-order valence-corrected chi connectivity index (χ3v) is 3.26. The molecular weight excluding hydrogens is 210 g/mol. The smallest absolute Gasteiger partial charge is 0.223 e. The Morgan fingerprint density at radius 2 is 1.76 bits per heavy atom. The summed E-state index contributed by atoms with van der Waals surface area (Å²) in [5.74, 6) is 0.245. The largest absolute Gasteiger partial charge is 0.349 e. The van der Waals surface area contributed by atoms with Gasteiger partial charge in [-0.2, -0.15) is 0 Å². The topological polar surface area (TPSA) is 29.1 Å². The van der Waals surface area contributed by atoms with Gasteiger partial charge < -0.3 is 5.32 Å². The summed E-state index contributed by atoms with van der Waals surface area (Å²) in [6.45, 7) is 8.18. The molecule has 1 rings (SSSR count). The van der Waals surface area contributed by atoms with E-state index >= 15 is 0 Å². The van der Waals surface area contributed by atoms with Crippen LogP contribution >= 0.6 is 0 Å². The molecule has 0 spiro atoms. The van der Waals surface area contributed by atoms with Crippen LogP contribution in [0.1, 0.15) is 50.8 Å². The van der Waals surface area contributed by atoms with Gasteiger partial charge in [-0.05, 0) is 25.3 Å². The summed E-state index contributed by atoms with van der Waals surface area (Å²) in [6, 6.07) is 8.51. The van der Waals surface area contributed by atoms with Crippen molar-refractivity contribution < 1.29 is 4.79 Å². The molecule has 0 fully saturated rings. The molecule has 1 amide bonds. The van der Waals surface area contributed by atoms with Gasteiger partial charge in [-0.15, -0.1) is 0 Å². The van der Waals surface area contributed by atoms with Gasteiger partial charge in [-0.25, -0.2) is 0 Å². The van der Waals surface area contributed by atoms with E-state index in [9.17, 15) is 4.79 Å². The highest BCUT2D eigenvalue weighted by atomic mass is 16.1. The minimum atomic E-state index is 0.0921. The highest BCUT2D eigenvalue weighted by molar-refractivity contribution is 5.78. The first-order valence-electron chi connectivity index (χ1n) is 6.45. The molecule has 2 nitrogen and oxygen atoms in total. The average Bonchev–Trinajstić information content (AvgIpc) is 2.35. The highest BCUT2D eigenvalue weighted by Gasteiger charge is 2.16. The van der Waals surface area contributed by atoms with E-state index in [2.05, 4.69) is 43.4 Å². The normalized spacial score (nSPS) is 14.1.